The second-order valence-electron chi connectivity index (χ2n) is 4.91. The fourth-order valence-corrected chi connectivity index (χ4v) is 2.86. The molecule has 7 heteroatoms. The minimum absolute atomic E-state index is 0.219. The number of nitrogens with one attached hydrogen (secondary N) is 1. The molecule has 3 amide bonds. The molecule has 2 aromatic carbocycles. The number of amides is 3. The van der Waals surface area contributed by atoms with E-state index in [1.807, 2.05) is 6.07 Å². The van der Waals surface area contributed by atoms with Crippen LogP contribution in [0.3, 0.4) is 0 Å². The highest BCUT2D eigenvalue weighted by molar-refractivity contribution is 9.10. The molecule has 3 rings (SSSR count). The third-order valence-electron chi connectivity index (χ3n) is 3.38. The molecule has 0 fully saturated rings. The van der Waals surface area contributed by atoms with Crippen LogP contribution in [-0.4, -0.2) is 29.2 Å². The van der Waals surface area contributed by atoms with Gasteiger partial charge in [0.2, 0.25) is 5.91 Å². The molecule has 0 bridgehead atoms. The van der Waals surface area contributed by atoms with Crippen molar-refractivity contribution in [2.45, 2.75) is 0 Å². The Hall–Kier alpha value is -2.18. The van der Waals surface area contributed by atoms with E-state index in [0.717, 1.165) is 4.90 Å². The molecule has 0 aliphatic carbocycles. The van der Waals surface area contributed by atoms with E-state index in [4.69, 9.17) is 11.6 Å². The minimum atomic E-state index is -0.519. The summed E-state index contributed by atoms with van der Waals surface area (Å²) in [7, 11) is 0. The maximum atomic E-state index is 12.3. The molecule has 1 aliphatic rings. The number of carbonyl (C=O) groups is 3. The predicted molar refractivity (Wildman–Crippen MR) is 89.6 cm³/mol. The Bertz CT molecular complexity index is 838. The van der Waals surface area contributed by atoms with Crippen molar-refractivity contribution >= 4 is 50.9 Å². The highest BCUT2D eigenvalue weighted by Gasteiger charge is 2.36. The number of halogens is 2. The van der Waals surface area contributed by atoms with Crippen LogP contribution in [0.2, 0.25) is 5.02 Å². The standard InChI is InChI=1S/C16H10BrClN2O3/c17-12-3-1-2-4-13(12)19-14(21)8-20-15(22)10-6-5-9(18)7-11(10)16(20)23/h1-7H,8H2,(H,19,21). The normalized spacial score (nSPS) is 13.2. The van der Waals surface area contributed by atoms with E-state index in [9.17, 15) is 14.4 Å². The minimum Gasteiger partial charge on any atom is -0.324 e. The van der Waals surface area contributed by atoms with Crippen LogP contribution in [0.4, 0.5) is 5.69 Å². The summed E-state index contributed by atoms with van der Waals surface area (Å²) in [5, 5.41) is 3.02. The zero-order valence-electron chi connectivity index (χ0n) is 11.7. The fourth-order valence-electron chi connectivity index (χ4n) is 2.30. The second-order valence-corrected chi connectivity index (χ2v) is 6.21. The van der Waals surface area contributed by atoms with E-state index in [1.54, 1.807) is 18.2 Å². The Morgan fingerprint density at radius 1 is 1.09 bits per heavy atom. The number of para-hydroxylation sites is 1. The molecule has 0 saturated heterocycles. The zero-order valence-corrected chi connectivity index (χ0v) is 14.0. The van der Waals surface area contributed by atoms with Gasteiger partial charge in [0.25, 0.3) is 11.8 Å². The Kier molecular flexibility index (Phi) is 4.19. The van der Waals surface area contributed by atoms with Gasteiger partial charge in [-0.3, -0.25) is 19.3 Å². The van der Waals surface area contributed by atoms with Gasteiger partial charge in [-0.1, -0.05) is 23.7 Å². The van der Waals surface area contributed by atoms with Crippen molar-refractivity contribution in [1.29, 1.82) is 0 Å². The smallest absolute Gasteiger partial charge is 0.262 e. The number of nitrogens with zero attached hydrogens (tertiary/aromatic N) is 1. The summed E-state index contributed by atoms with van der Waals surface area (Å²) in [5.74, 6) is -1.48. The molecule has 0 radical (unpaired) electrons. The monoisotopic (exact) mass is 392 g/mol. The Labute approximate surface area is 145 Å². The van der Waals surface area contributed by atoms with Crippen LogP contribution in [0.5, 0.6) is 0 Å². The van der Waals surface area contributed by atoms with Crippen molar-refractivity contribution in [1.82, 2.24) is 4.90 Å². The lowest BCUT2D eigenvalue weighted by Crippen LogP contribution is -2.37. The van der Waals surface area contributed by atoms with Gasteiger partial charge in [0.05, 0.1) is 16.8 Å². The maximum absolute atomic E-state index is 12.3. The molecule has 0 spiro atoms. The Morgan fingerprint density at radius 3 is 2.52 bits per heavy atom. The summed E-state index contributed by atoms with van der Waals surface area (Å²) in [5.41, 5.74) is 1.04. The molecule has 1 heterocycles. The lowest BCUT2D eigenvalue weighted by Gasteiger charge is -2.14. The number of hydrogen-bond donors (Lipinski definition) is 1. The first kappa shape index (κ1) is 15.7. The predicted octanol–water partition coefficient (Wildman–Crippen LogP) is 3.34. The van der Waals surface area contributed by atoms with E-state index < -0.39 is 17.7 Å². The topological polar surface area (TPSA) is 66.5 Å². The van der Waals surface area contributed by atoms with Crippen molar-refractivity contribution in [3.63, 3.8) is 0 Å². The molecule has 116 valence electrons. The molecule has 1 aliphatic heterocycles. The molecule has 0 aromatic heterocycles. The Morgan fingerprint density at radius 2 is 1.78 bits per heavy atom. The molecule has 0 saturated carbocycles. The third-order valence-corrected chi connectivity index (χ3v) is 4.31. The van der Waals surface area contributed by atoms with Gasteiger partial charge in [0, 0.05) is 9.50 Å². The van der Waals surface area contributed by atoms with Crippen LogP contribution in [0.15, 0.2) is 46.9 Å². The van der Waals surface area contributed by atoms with E-state index in [-0.39, 0.29) is 17.7 Å². The first-order valence-electron chi connectivity index (χ1n) is 6.67. The lowest BCUT2D eigenvalue weighted by atomic mass is 10.1. The van der Waals surface area contributed by atoms with Crippen molar-refractivity contribution in [2.24, 2.45) is 0 Å². The summed E-state index contributed by atoms with van der Waals surface area (Å²) in [4.78, 5) is 37.6. The maximum Gasteiger partial charge on any atom is 0.262 e. The summed E-state index contributed by atoms with van der Waals surface area (Å²) in [6.07, 6.45) is 0. The SMILES string of the molecule is O=C(CN1C(=O)c2ccc(Cl)cc2C1=O)Nc1ccccc1Br. The molecule has 2 aromatic rings. The highest BCUT2D eigenvalue weighted by Crippen LogP contribution is 2.26. The largest absolute Gasteiger partial charge is 0.324 e. The zero-order chi connectivity index (χ0) is 16.6. The average Bonchev–Trinajstić information content (AvgIpc) is 2.74. The number of fused-ring (bicyclic) bond motifs is 1. The van der Waals surface area contributed by atoms with Gasteiger partial charge in [-0.25, -0.2) is 0 Å². The van der Waals surface area contributed by atoms with Crippen LogP contribution in [0, 0.1) is 0 Å². The number of hydrogen-bond acceptors (Lipinski definition) is 3. The van der Waals surface area contributed by atoms with Crippen molar-refractivity contribution in [3.05, 3.63) is 63.1 Å². The highest BCUT2D eigenvalue weighted by atomic mass is 79.9. The number of benzene rings is 2. The number of imide groups is 1. The first-order valence-corrected chi connectivity index (χ1v) is 7.84. The van der Waals surface area contributed by atoms with Gasteiger partial charge in [-0.2, -0.15) is 0 Å². The number of rotatable bonds is 3. The third kappa shape index (κ3) is 3.00. The van der Waals surface area contributed by atoms with Gasteiger partial charge in [0.15, 0.2) is 0 Å². The van der Waals surface area contributed by atoms with Gasteiger partial charge in [0.1, 0.15) is 6.54 Å². The molecule has 0 unspecified atom stereocenters. The van der Waals surface area contributed by atoms with Gasteiger partial charge < -0.3 is 5.32 Å². The summed E-state index contributed by atoms with van der Waals surface area (Å²) in [6, 6.07) is 11.5. The molecular weight excluding hydrogens is 384 g/mol. The van der Waals surface area contributed by atoms with Crippen LogP contribution in [0.25, 0.3) is 0 Å². The van der Waals surface area contributed by atoms with Gasteiger partial charge >= 0.3 is 0 Å². The van der Waals surface area contributed by atoms with Gasteiger partial charge in [-0.15, -0.1) is 0 Å². The molecule has 23 heavy (non-hydrogen) atoms. The lowest BCUT2D eigenvalue weighted by molar-refractivity contribution is -0.116. The average molecular weight is 394 g/mol. The summed E-state index contributed by atoms with van der Waals surface area (Å²) in [6.45, 7) is -0.356. The van der Waals surface area contributed by atoms with E-state index in [2.05, 4.69) is 21.2 Å². The molecule has 1 N–H and O–H groups in total. The van der Waals surface area contributed by atoms with Crippen molar-refractivity contribution in [2.75, 3.05) is 11.9 Å². The fraction of sp³-hybridized carbons (Fsp3) is 0.0625. The Balaban J connectivity index is 1.77. The van der Waals surface area contributed by atoms with Crippen LogP contribution in [-0.2, 0) is 4.79 Å². The number of anilines is 1. The number of carbonyl (C=O) groups excluding carboxylic acids is 3. The van der Waals surface area contributed by atoms with Crippen LogP contribution in [0.1, 0.15) is 20.7 Å². The van der Waals surface area contributed by atoms with Crippen molar-refractivity contribution < 1.29 is 14.4 Å². The van der Waals surface area contributed by atoms with Crippen LogP contribution < -0.4 is 5.32 Å². The molecular formula is C16H10BrClN2O3. The summed E-state index contributed by atoms with van der Waals surface area (Å²) >= 11 is 9.16. The molecule has 0 atom stereocenters. The summed E-state index contributed by atoms with van der Waals surface area (Å²) < 4.78 is 0.711. The van der Waals surface area contributed by atoms with E-state index >= 15 is 0 Å². The quantitative estimate of drug-likeness (QED) is 0.813. The van der Waals surface area contributed by atoms with Crippen molar-refractivity contribution in [3.8, 4) is 0 Å². The van der Waals surface area contributed by atoms with Gasteiger partial charge in [-0.05, 0) is 46.3 Å². The second kappa shape index (κ2) is 6.14. The molecule has 5 nitrogen and oxygen atoms in total. The first-order chi connectivity index (χ1) is 11.0. The van der Waals surface area contributed by atoms with E-state index in [1.165, 1.54) is 18.2 Å². The van der Waals surface area contributed by atoms with E-state index in [0.29, 0.717) is 15.2 Å². The van der Waals surface area contributed by atoms with Crippen LogP contribution >= 0.6 is 27.5 Å².